The third-order valence-electron chi connectivity index (χ3n) is 5.73. The number of phenolic OH excluding ortho intramolecular Hbond substituents is 1. The van der Waals surface area contributed by atoms with Crippen LogP contribution in [0.5, 0.6) is 5.75 Å². The number of phenols is 1. The van der Waals surface area contributed by atoms with Crippen molar-refractivity contribution < 1.29 is 22.1 Å². The third-order valence-corrected chi connectivity index (χ3v) is 5.73. The van der Waals surface area contributed by atoms with Gasteiger partial charge < -0.3 is 5.11 Å². The van der Waals surface area contributed by atoms with Crippen molar-refractivity contribution in [3.63, 3.8) is 0 Å². The van der Waals surface area contributed by atoms with Gasteiger partial charge in [0.25, 0.3) is 0 Å². The molecule has 0 aliphatic heterocycles. The summed E-state index contributed by atoms with van der Waals surface area (Å²) in [4.78, 5) is 4.59. The molecule has 30 heavy (non-hydrogen) atoms. The predicted molar refractivity (Wildman–Crippen MR) is 127 cm³/mol. The number of hydrogen-bond donors (Lipinski definition) is 1. The number of benzene rings is 2. The summed E-state index contributed by atoms with van der Waals surface area (Å²) >= 11 is -0.556. The Morgan fingerprint density at radius 2 is 1.73 bits per heavy atom. The Balaban J connectivity index is 0.00000101. The molecule has 2 aromatic rings. The first kappa shape index (κ1) is 25.5. The quantitative estimate of drug-likeness (QED) is 0.228. The number of aryl methyl sites for hydroxylation is 1. The maximum atomic E-state index is 10.9. The average molecular weight is 482 g/mol. The van der Waals surface area contributed by atoms with Crippen LogP contribution >= 0.6 is 18.6 Å². The first-order valence-electron chi connectivity index (χ1n) is 11.1. The standard InChI is InChI=1S/C25H33NO.2ClH.Ti/c1-2-3-4-7-14-21-17-22(20-12-8-5-9-13-20)18-23(25(21)27)19-26-24-15-10-6-11-16-24;;;/h6,10-11,15-20,27H,2-5,7-9,12-14H2,1H3;2*1H;/q;;;+2/p-2. The summed E-state index contributed by atoms with van der Waals surface area (Å²) in [5.41, 5.74) is 4.29. The number of para-hydroxylation sites is 1. The van der Waals surface area contributed by atoms with Gasteiger partial charge in [-0.2, -0.15) is 0 Å². The van der Waals surface area contributed by atoms with Gasteiger partial charge in [0, 0.05) is 11.8 Å². The van der Waals surface area contributed by atoms with Gasteiger partial charge in [0.1, 0.15) is 5.75 Å². The second-order valence-electron chi connectivity index (χ2n) is 7.93. The molecule has 0 heterocycles. The molecule has 2 aromatic carbocycles. The first-order valence-corrected chi connectivity index (χ1v) is 15.4. The molecule has 0 spiro atoms. The Hall–Kier alpha value is -0.796. The van der Waals surface area contributed by atoms with E-state index in [0.29, 0.717) is 11.7 Å². The minimum absolute atomic E-state index is 0.422. The molecule has 5 heteroatoms. The molecule has 3 rings (SSSR count). The SMILES string of the molecule is CCCCCCc1cc(C2CCCCC2)cc(C=Nc2ccccc2)c1O.[Cl][Ti][Cl]. The van der Waals surface area contributed by atoms with Crippen LogP contribution in [0.2, 0.25) is 0 Å². The fraction of sp³-hybridized carbons (Fsp3) is 0.480. The molecule has 0 atom stereocenters. The molecule has 0 radical (unpaired) electrons. The molecule has 0 aromatic heterocycles. The Morgan fingerprint density at radius 1 is 1.03 bits per heavy atom. The summed E-state index contributed by atoms with van der Waals surface area (Å²) < 4.78 is 0. The fourth-order valence-electron chi connectivity index (χ4n) is 4.11. The van der Waals surface area contributed by atoms with Crippen molar-refractivity contribution >= 4 is 30.5 Å². The van der Waals surface area contributed by atoms with Gasteiger partial charge in [0.05, 0.1) is 5.69 Å². The van der Waals surface area contributed by atoms with Gasteiger partial charge in [-0.05, 0) is 60.9 Å². The summed E-state index contributed by atoms with van der Waals surface area (Å²) in [6.45, 7) is 2.24. The van der Waals surface area contributed by atoms with Gasteiger partial charge in [0.15, 0.2) is 0 Å². The van der Waals surface area contributed by atoms with Gasteiger partial charge in [-0.25, -0.2) is 0 Å². The molecule has 0 unspecified atom stereocenters. The molecular formula is C25H33Cl2NOTi. The number of nitrogens with zero attached hydrogens (tertiary/aromatic N) is 1. The normalized spacial score (nSPS) is 14.4. The zero-order chi connectivity index (χ0) is 21.6. The van der Waals surface area contributed by atoms with Crippen LogP contribution in [0.3, 0.4) is 0 Å². The Bertz CT molecular complexity index is 761. The van der Waals surface area contributed by atoms with Gasteiger partial charge in [-0.3, -0.25) is 4.99 Å². The summed E-state index contributed by atoms with van der Waals surface area (Å²) in [5, 5.41) is 10.9. The van der Waals surface area contributed by atoms with Gasteiger partial charge in [0.2, 0.25) is 0 Å². The number of halogens is 2. The number of hydrogen-bond acceptors (Lipinski definition) is 2. The predicted octanol–water partition coefficient (Wildman–Crippen LogP) is 8.69. The van der Waals surface area contributed by atoms with E-state index in [1.54, 1.807) is 0 Å². The first-order chi connectivity index (χ1) is 14.7. The van der Waals surface area contributed by atoms with Crippen LogP contribution < -0.4 is 0 Å². The van der Waals surface area contributed by atoms with E-state index in [1.807, 2.05) is 36.5 Å². The number of rotatable bonds is 8. The third kappa shape index (κ3) is 8.75. The van der Waals surface area contributed by atoms with Crippen molar-refractivity contribution in [2.45, 2.75) is 77.0 Å². The molecule has 0 amide bonds. The molecule has 0 saturated heterocycles. The van der Waals surface area contributed by atoms with E-state index >= 15 is 0 Å². The van der Waals surface area contributed by atoms with Crippen LogP contribution in [0.15, 0.2) is 47.5 Å². The topological polar surface area (TPSA) is 32.6 Å². The molecule has 1 fully saturated rings. The molecule has 162 valence electrons. The van der Waals surface area contributed by atoms with E-state index in [2.05, 4.69) is 24.0 Å². The summed E-state index contributed by atoms with van der Waals surface area (Å²) in [6, 6.07) is 14.4. The Labute approximate surface area is 198 Å². The molecule has 1 N–H and O–H groups in total. The van der Waals surface area contributed by atoms with E-state index in [-0.39, 0.29) is 0 Å². The number of aromatic hydroxyl groups is 1. The van der Waals surface area contributed by atoms with Gasteiger partial charge in [-0.15, -0.1) is 0 Å². The van der Waals surface area contributed by atoms with Crippen LogP contribution in [0, 0.1) is 0 Å². The van der Waals surface area contributed by atoms with Crippen LogP contribution in [0.25, 0.3) is 0 Å². The second-order valence-corrected chi connectivity index (χ2v) is 10.5. The van der Waals surface area contributed by atoms with Crippen LogP contribution in [-0.2, 0) is 23.5 Å². The zero-order valence-corrected chi connectivity index (χ0v) is 21.0. The van der Waals surface area contributed by atoms with E-state index in [1.165, 1.54) is 56.9 Å². The van der Waals surface area contributed by atoms with Crippen molar-refractivity contribution in [3.8, 4) is 5.75 Å². The minimum atomic E-state index is -0.556. The average Bonchev–Trinajstić information content (AvgIpc) is 2.78. The number of aliphatic imine (C=N–C) groups is 1. The summed E-state index contributed by atoms with van der Waals surface area (Å²) in [6.07, 6.45) is 14.2. The second kappa shape index (κ2) is 15.1. The molecule has 1 saturated carbocycles. The van der Waals surface area contributed by atoms with Gasteiger partial charge >= 0.3 is 35.6 Å². The van der Waals surface area contributed by atoms with Crippen molar-refractivity contribution in [2.24, 2.45) is 4.99 Å². The van der Waals surface area contributed by atoms with E-state index in [0.717, 1.165) is 29.7 Å². The molecule has 2 nitrogen and oxygen atoms in total. The van der Waals surface area contributed by atoms with Crippen molar-refractivity contribution in [3.05, 3.63) is 59.2 Å². The van der Waals surface area contributed by atoms with E-state index < -0.39 is 17.0 Å². The Morgan fingerprint density at radius 3 is 2.40 bits per heavy atom. The van der Waals surface area contributed by atoms with Crippen LogP contribution in [-0.4, -0.2) is 11.3 Å². The summed E-state index contributed by atoms with van der Waals surface area (Å²) in [5.74, 6) is 1.06. The maximum absolute atomic E-state index is 10.9. The molecule has 0 bridgehead atoms. The summed E-state index contributed by atoms with van der Waals surface area (Å²) in [7, 11) is 9.78. The molecule has 1 aliphatic carbocycles. The van der Waals surface area contributed by atoms with Crippen LogP contribution in [0.4, 0.5) is 5.69 Å². The fourth-order valence-corrected chi connectivity index (χ4v) is 4.11. The molecular weight excluding hydrogens is 449 g/mol. The van der Waals surface area contributed by atoms with Crippen molar-refractivity contribution in [1.29, 1.82) is 0 Å². The number of unbranched alkanes of at least 4 members (excludes halogenated alkanes) is 3. The van der Waals surface area contributed by atoms with E-state index in [9.17, 15) is 5.11 Å². The van der Waals surface area contributed by atoms with Gasteiger partial charge in [-0.1, -0.05) is 69.7 Å². The van der Waals surface area contributed by atoms with Crippen LogP contribution in [0.1, 0.15) is 87.3 Å². The van der Waals surface area contributed by atoms with Crippen molar-refractivity contribution in [1.82, 2.24) is 0 Å². The zero-order valence-electron chi connectivity index (χ0n) is 17.9. The van der Waals surface area contributed by atoms with Crippen molar-refractivity contribution in [2.75, 3.05) is 0 Å². The Kier molecular flexibility index (Phi) is 12.8. The van der Waals surface area contributed by atoms with E-state index in [4.69, 9.17) is 18.6 Å². The molecule has 1 aliphatic rings. The monoisotopic (exact) mass is 481 g/mol.